The summed E-state index contributed by atoms with van der Waals surface area (Å²) in [7, 11) is 0. The van der Waals surface area contributed by atoms with Crippen LogP contribution in [-0.2, 0) is 6.54 Å². The SMILES string of the molecule is Cc1nc(NCc2ccccc2F)cc(Nc2ccccc2Cl)n1. The first kappa shape index (κ1) is 16.2. The Morgan fingerprint density at radius 1 is 1.00 bits per heavy atom. The maximum Gasteiger partial charge on any atom is 0.136 e. The van der Waals surface area contributed by atoms with Gasteiger partial charge in [0, 0.05) is 18.2 Å². The number of halogens is 2. The molecular formula is C18H16ClFN4. The van der Waals surface area contributed by atoms with E-state index in [1.807, 2.05) is 18.2 Å². The van der Waals surface area contributed by atoms with Gasteiger partial charge in [0.05, 0.1) is 10.7 Å². The second-order valence-electron chi connectivity index (χ2n) is 5.24. The summed E-state index contributed by atoms with van der Waals surface area (Å²) in [6.45, 7) is 2.14. The summed E-state index contributed by atoms with van der Waals surface area (Å²) in [5.41, 5.74) is 1.34. The van der Waals surface area contributed by atoms with E-state index in [1.165, 1.54) is 6.07 Å². The van der Waals surface area contributed by atoms with Crippen LogP contribution in [0.15, 0.2) is 54.6 Å². The van der Waals surface area contributed by atoms with Crippen molar-refractivity contribution >= 4 is 28.9 Å². The number of hydrogen-bond acceptors (Lipinski definition) is 4. The maximum absolute atomic E-state index is 13.7. The molecule has 0 fully saturated rings. The van der Waals surface area contributed by atoms with Crippen molar-refractivity contribution in [3.05, 3.63) is 76.8 Å². The van der Waals surface area contributed by atoms with Gasteiger partial charge >= 0.3 is 0 Å². The van der Waals surface area contributed by atoms with E-state index in [0.29, 0.717) is 34.6 Å². The quantitative estimate of drug-likeness (QED) is 0.690. The number of rotatable bonds is 5. The van der Waals surface area contributed by atoms with Crippen molar-refractivity contribution in [2.75, 3.05) is 10.6 Å². The molecule has 0 amide bonds. The monoisotopic (exact) mass is 342 g/mol. The fraction of sp³-hybridized carbons (Fsp3) is 0.111. The molecule has 0 aliphatic carbocycles. The fourth-order valence-corrected chi connectivity index (χ4v) is 2.43. The van der Waals surface area contributed by atoms with Gasteiger partial charge in [-0.25, -0.2) is 14.4 Å². The molecule has 24 heavy (non-hydrogen) atoms. The first-order chi connectivity index (χ1) is 11.6. The van der Waals surface area contributed by atoms with Gasteiger partial charge in [-0.1, -0.05) is 41.9 Å². The second kappa shape index (κ2) is 7.27. The Balaban J connectivity index is 1.77. The smallest absolute Gasteiger partial charge is 0.136 e. The number of benzene rings is 2. The average Bonchev–Trinajstić information content (AvgIpc) is 2.56. The standard InChI is InChI=1S/C18H16ClFN4/c1-12-22-17(21-11-13-6-2-4-8-15(13)20)10-18(23-12)24-16-9-5-3-7-14(16)19/h2-10H,11H2,1H3,(H2,21,22,23,24). The second-order valence-corrected chi connectivity index (χ2v) is 5.64. The lowest BCUT2D eigenvalue weighted by Gasteiger charge is -2.11. The molecular weight excluding hydrogens is 327 g/mol. The minimum Gasteiger partial charge on any atom is -0.366 e. The lowest BCUT2D eigenvalue weighted by molar-refractivity contribution is 0.613. The largest absolute Gasteiger partial charge is 0.366 e. The van der Waals surface area contributed by atoms with Crippen LogP contribution in [-0.4, -0.2) is 9.97 Å². The van der Waals surface area contributed by atoms with Gasteiger partial charge < -0.3 is 10.6 Å². The zero-order chi connectivity index (χ0) is 16.9. The van der Waals surface area contributed by atoms with Gasteiger partial charge in [-0.2, -0.15) is 0 Å². The highest BCUT2D eigenvalue weighted by Gasteiger charge is 2.06. The molecule has 0 atom stereocenters. The van der Waals surface area contributed by atoms with E-state index < -0.39 is 0 Å². The summed E-state index contributed by atoms with van der Waals surface area (Å²) in [4.78, 5) is 8.67. The summed E-state index contributed by atoms with van der Waals surface area (Å²) in [5, 5.41) is 6.89. The number of anilines is 3. The molecule has 0 saturated heterocycles. The van der Waals surface area contributed by atoms with Crippen molar-refractivity contribution in [3.63, 3.8) is 0 Å². The average molecular weight is 343 g/mol. The Morgan fingerprint density at radius 3 is 2.50 bits per heavy atom. The summed E-state index contributed by atoms with van der Waals surface area (Å²) in [6.07, 6.45) is 0. The maximum atomic E-state index is 13.7. The van der Waals surface area contributed by atoms with E-state index in [1.54, 1.807) is 37.3 Å². The Bertz CT molecular complexity index is 854. The first-order valence-corrected chi connectivity index (χ1v) is 7.84. The molecule has 0 radical (unpaired) electrons. The highest BCUT2D eigenvalue weighted by Crippen LogP contribution is 2.25. The Labute approximate surface area is 144 Å². The lowest BCUT2D eigenvalue weighted by Crippen LogP contribution is -2.06. The summed E-state index contributed by atoms with van der Waals surface area (Å²) in [5.74, 6) is 1.58. The van der Waals surface area contributed by atoms with Crippen molar-refractivity contribution in [2.24, 2.45) is 0 Å². The van der Waals surface area contributed by atoms with Gasteiger partial charge in [0.15, 0.2) is 0 Å². The molecule has 0 aliphatic rings. The third-order valence-corrected chi connectivity index (χ3v) is 3.72. The molecule has 0 spiro atoms. The number of hydrogen-bond donors (Lipinski definition) is 2. The van der Waals surface area contributed by atoms with Crippen LogP contribution in [0, 0.1) is 12.7 Å². The summed E-state index contributed by atoms with van der Waals surface area (Å²) in [6, 6.07) is 15.8. The van der Waals surface area contributed by atoms with Crippen LogP contribution in [0.3, 0.4) is 0 Å². The number of para-hydroxylation sites is 1. The van der Waals surface area contributed by atoms with E-state index in [2.05, 4.69) is 20.6 Å². The number of nitrogens with zero attached hydrogens (tertiary/aromatic N) is 2. The van der Waals surface area contributed by atoms with Crippen molar-refractivity contribution < 1.29 is 4.39 Å². The first-order valence-electron chi connectivity index (χ1n) is 7.46. The van der Waals surface area contributed by atoms with Crippen LogP contribution in [0.4, 0.5) is 21.7 Å². The summed E-state index contributed by atoms with van der Waals surface area (Å²) < 4.78 is 13.7. The minimum absolute atomic E-state index is 0.245. The van der Waals surface area contributed by atoms with Gasteiger partial charge in [-0.15, -0.1) is 0 Å². The zero-order valence-electron chi connectivity index (χ0n) is 13.1. The topological polar surface area (TPSA) is 49.8 Å². The van der Waals surface area contributed by atoms with Crippen molar-refractivity contribution in [3.8, 4) is 0 Å². The van der Waals surface area contributed by atoms with E-state index in [9.17, 15) is 4.39 Å². The Kier molecular flexibility index (Phi) is 4.91. The predicted octanol–water partition coefficient (Wildman–Crippen LogP) is 4.93. The minimum atomic E-state index is -0.245. The van der Waals surface area contributed by atoms with Crippen LogP contribution in [0.25, 0.3) is 0 Å². The van der Waals surface area contributed by atoms with Crippen LogP contribution in [0.5, 0.6) is 0 Å². The van der Waals surface area contributed by atoms with Crippen LogP contribution in [0.2, 0.25) is 5.02 Å². The Morgan fingerprint density at radius 2 is 1.71 bits per heavy atom. The molecule has 0 saturated carbocycles. The van der Waals surface area contributed by atoms with Gasteiger partial charge in [0.1, 0.15) is 23.3 Å². The molecule has 4 nitrogen and oxygen atoms in total. The van der Waals surface area contributed by atoms with Gasteiger partial charge in [-0.05, 0) is 25.1 Å². The summed E-state index contributed by atoms with van der Waals surface area (Å²) >= 11 is 6.15. The number of nitrogens with one attached hydrogen (secondary N) is 2. The molecule has 0 bridgehead atoms. The molecule has 2 aromatic carbocycles. The van der Waals surface area contributed by atoms with Crippen LogP contribution < -0.4 is 10.6 Å². The number of aromatic nitrogens is 2. The molecule has 0 unspecified atom stereocenters. The molecule has 0 aliphatic heterocycles. The third kappa shape index (κ3) is 4.00. The van der Waals surface area contributed by atoms with E-state index in [0.717, 1.165) is 5.69 Å². The van der Waals surface area contributed by atoms with Crippen molar-refractivity contribution in [2.45, 2.75) is 13.5 Å². The fourth-order valence-electron chi connectivity index (χ4n) is 2.25. The highest BCUT2D eigenvalue weighted by molar-refractivity contribution is 6.33. The molecule has 122 valence electrons. The molecule has 3 aromatic rings. The third-order valence-electron chi connectivity index (χ3n) is 3.39. The van der Waals surface area contributed by atoms with Crippen LogP contribution >= 0.6 is 11.6 Å². The zero-order valence-corrected chi connectivity index (χ0v) is 13.8. The molecule has 6 heteroatoms. The van der Waals surface area contributed by atoms with Gasteiger partial charge in [0.25, 0.3) is 0 Å². The van der Waals surface area contributed by atoms with Crippen LogP contribution in [0.1, 0.15) is 11.4 Å². The van der Waals surface area contributed by atoms with Crippen molar-refractivity contribution in [1.29, 1.82) is 0 Å². The highest BCUT2D eigenvalue weighted by atomic mass is 35.5. The molecule has 2 N–H and O–H groups in total. The number of aryl methyl sites for hydroxylation is 1. The lowest BCUT2D eigenvalue weighted by atomic mass is 10.2. The van der Waals surface area contributed by atoms with Crippen molar-refractivity contribution in [1.82, 2.24) is 9.97 Å². The Hall–Kier alpha value is -2.66. The molecule has 1 heterocycles. The van der Waals surface area contributed by atoms with E-state index in [-0.39, 0.29) is 5.82 Å². The molecule has 3 rings (SSSR count). The van der Waals surface area contributed by atoms with Gasteiger partial charge in [0.2, 0.25) is 0 Å². The van der Waals surface area contributed by atoms with Gasteiger partial charge in [-0.3, -0.25) is 0 Å². The normalized spacial score (nSPS) is 10.5. The van der Waals surface area contributed by atoms with E-state index >= 15 is 0 Å². The molecule has 1 aromatic heterocycles. The predicted molar refractivity (Wildman–Crippen MR) is 95.2 cm³/mol. The van der Waals surface area contributed by atoms with E-state index in [4.69, 9.17) is 11.6 Å².